The van der Waals surface area contributed by atoms with Crippen LogP contribution in [0.2, 0.25) is 0 Å². The highest BCUT2D eigenvalue weighted by atomic mass is 32.2. The van der Waals surface area contributed by atoms with Crippen LogP contribution in [-0.2, 0) is 18.3 Å². The summed E-state index contributed by atoms with van der Waals surface area (Å²) in [5.41, 5.74) is 2.43. The zero-order valence-electron chi connectivity index (χ0n) is 12.7. The van der Waals surface area contributed by atoms with Gasteiger partial charge in [-0.15, -0.1) is 10.2 Å². The average molecular weight is 316 g/mol. The van der Waals surface area contributed by atoms with Crippen molar-refractivity contribution in [3.63, 3.8) is 0 Å². The molecule has 0 saturated carbocycles. The van der Waals surface area contributed by atoms with Gasteiger partial charge in [0.25, 0.3) is 0 Å². The first-order chi connectivity index (χ1) is 10.5. The van der Waals surface area contributed by atoms with Crippen LogP contribution in [0.5, 0.6) is 0 Å². The van der Waals surface area contributed by atoms with Gasteiger partial charge in [0.15, 0.2) is 10.9 Å². The first-order valence-electron chi connectivity index (χ1n) is 6.89. The van der Waals surface area contributed by atoms with E-state index < -0.39 is 0 Å². The summed E-state index contributed by atoms with van der Waals surface area (Å²) in [5, 5.41) is 8.72. The number of carbonyl (C=O) groups excluding carboxylic acids is 2. The fourth-order valence-corrected chi connectivity index (χ4v) is 3.22. The molecule has 0 unspecified atom stereocenters. The van der Waals surface area contributed by atoms with E-state index in [-0.39, 0.29) is 11.7 Å². The van der Waals surface area contributed by atoms with E-state index >= 15 is 0 Å². The second-order valence-corrected chi connectivity index (χ2v) is 6.22. The zero-order valence-corrected chi connectivity index (χ0v) is 13.5. The molecule has 1 aliphatic rings. The highest BCUT2D eigenvalue weighted by molar-refractivity contribution is 7.99. The first kappa shape index (κ1) is 14.8. The maximum atomic E-state index is 12.3. The summed E-state index contributed by atoms with van der Waals surface area (Å²) in [6.07, 6.45) is 0.364. The van der Waals surface area contributed by atoms with E-state index in [1.807, 2.05) is 30.7 Å². The van der Waals surface area contributed by atoms with Crippen LogP contribution in [0.15, 0.2) is 23.4 Å². The number of hydrogen-bond acceptors (Lipinski definition) is 5. The predicted molar refractivity (Wildman–Crippen MR) is 84.4 cm³/mol. The molecule has 1 aliphatic heterocycles. The minimum atomic E-state index is 0.0236. The van der Waals surface area contributed by atoms with Crippen molar-refractivity contribution >= 4 is 29.1 Å². The number of aromatic nitrogens is 3. The largest absolute Gasteiger partial charge is 0.315 e. The maximum Gasteiger partial charge on any atom is 0.231 e. The van der Waals surface area contributed by atoms with Crippen molar-refractivity contribution in [2.24, 2.45) is 7.05 Å². The highest BCUT2D eigenvalue weighted by Gasteiger charge is 2.24. The van der Waals surface area contributed by atoms with Crippen molar-refractivity contribution in [1.29, 1.82) is 0 Å². The molecule has 7 heteroatoms. The fourth-order valence-electron chi connectivity index (χ4n) is 2.37. The topological polar surface area (TPSA) is 68.1 Å². The van der Waals surface area contributed by atoms with E-state index in [1.165, 1.54) is 11.8 Å². The predicted octanol–water partition coefficient (Wildman–Crippen LogP) is 1.62. The Morgan fingerprint density at radius 2 is 2.09 bits per heavy atom. The van der Waals surface area contributed by atoms with Crippen molar-refractivity contribution in [2.45, 2.75) is 18.5 Å². The average Bonchev–Trinajstić information content (AvgIpc) is 2.97. The molecule has 0 fully saturated rings. The molecule has 22 heavy (non-hydrogen) atoms. The standard InChI is InChI=1S/C15H16N4O2S/c1-9-16-17-15(18(9)2)22-8-13(20)10-4-5-12-11(6-10)7-14(21)19(12)3/h4-6H,7-8H2,1-3H3. The normalized spacial score (nSPS) is 13.6. The Balaban J connectivity index is 1.72. The third-order valence-electron chi connectivity index (χ3n) is 3.86. The van der Waals surface area contributed by atoms with Crippen LogP contribution in [-0.4, -0.2) is 39.3 Å². The second kappa shape index (κ2) is 5.57. The van der Waals surface area contributed by atoms with Crippen molar-refractivity contribution < 1.29 is 9.59 Å². The molecule has 0 aliphatic carbocycles. The van der Waals surface area contributed by atoms with Gasteiger partial charge < -0.3 is 9.47 Å². The molecule has 114 valence electrons. The number of anilines is 1. The molecule has 2 aromatic rings. The minimum Gasteiger partial charge on any atom is -0.315 e. The van der Waals surface area contributed by atoms with Gasteiger partial charge in [-0.05, 0) is 30.7 Å². The smallest absolute Gasteiger partial charge is 0.231 e. The number of hydrogen-bond donors (Lipinski definition) is 0. The van der Waals surface area contributed by atoms with E-state index in [0.717, 1.165) is 22.2 Å². The number of nitrogens with zero attached hydrogens (tertiary/aromatic N) is 4. The number of carbonyl (C=O) groups is 2. The van der Waals surface area contributed by atoms with Gasteiger partial charge >= 0.3 is 0 Å². The Kier molecular flexibility index (Phi) is 3.74. The van der Waals surface area contributed by atoms with Gasteiger partial charge in [0.05, 0.1) is 12.2 Å². The van der Waals surface area contributed by atoms with Crippen LogP contribution in [0.25, 0.3) is 0 Å². The van der Waals surface area contributed by atoms with E-state index in [1.54, 1.807) is 18.0 Å². The highest BCUT2D eigenvalue weighted by Crippen LogP contribution is 2.29. The van der Waals surface area contributed by atoms with E-state index in [4.69, 9.17) is 0 Å². The number of fused-ring (bicyclic) bond motifs is 1. The SMILES string of the molecule is Cc1nnc(SCC(=O)c2ccc3c(c2)CC(=O)N3C)n1C. The molecule has 1 amide bonds. The molecule has 0 atom stereocenters. The van der Waals surface area contributed by atoms with Crippen LogP contribution >= 0.6 is 11.8 Å². The summed E-state index contributed by atoms with van der Waals surface area (Å²) in [6, 6.07) is 5.44. The Hall–Kier alpha value is -2.15. The second-order valence-electron chi connectivity index (χ2n) is 5.27. The molecule has 3 rings (SSSR count). The van der Waals surface area contributed by atoms with Crippen LogP contribution in [0.3, 0.4) is 0 Å². The first-order valence-corrected chi connectivity index (χ1v) is 7.87. The molecule has 2 heterocycles. The zero-order chi connectivity index (χ0) is 15.9. The molecular formula is C15H16N4O2S. The molecule has 0 spiro atoms. The van der Waals surface area contributed by atoms with E-state index in [2.05, 4.69) is 10.2 Å². The number of Topliss-reactive ketones (excluding diaryl/α,β-unsaturated/α-hetero) is 1. The molecular weight excluding hydrogens is 300 g/mol. The number of likely N-dealkylation sites (N-methyl/N-ethyl adjacent to an activating group) is 1. The maximum absolute atomic E-state index is 12.3. The van der Waals surface area contributed by atoms with Crippen LogP contribution in [0.1, 0.15) is 21.7 Å². The summed E-state index contributed by atoms with van der Waals surface area (Å²) in [4.78, 5) is 25.6. The van der Waals surface area contributed by atoms with Crippen molar-refractivity contribution in [3.05, 3.63) is 35.2 Å². The molecule has 6 nitrogen and oxygen atoms in total. The van der Waals surface area contributed by atoms with Gasteiger partial charge in [-0.1, -0.05) is 11.8 Å². The van der Waals surface area contributed by atoms with E-state index in [9.17, 15) is 9.59 Å². The number of thioether (sulfide) groups is 1. The van der Waals surface area contributed by atoms with Crippen molar-refractivity contribution in [1.82, 2.24) is 14.8 Å². The lowest BCUT2D eigenvalue weighted by Gasteiger charge is -2.10. The van der Waals surface area contributed by atoms with Gasteiger partial charge in [-0.3, -0.25) is 9.59 Å². The van der Waals surface area contributed by atoms with Gasteiger partial charge in [0.2, 0.25) is 5.91 Å². The molecule has 0 saturated heterocycles. The number of benzene rings is 1. The number of amides is 1. The Labute approximate surface area is 132 Å². The summed E-state index contributed by atoms with van der Waals surface area (Å²) in [7, 11) is 3.63. The quantitative estimate of drug-likeness (QED) is 0.633. The molecule has 0 N–H and O–H groups in total. The van der Waals surface area contributed by atoms with Crippen LogP contribution in [0, 0.1) is 6.92 Å². The minimum absolute atomic E-state index is 0.0236. The lowest BCUT2D eigenvalue weighted by Crippen LogP contribution is -2.20. The Morgan fingerprint density at radius 1 is 1.32 bits per heavy atom. The monoisotopic (exact) mass is 316 g/mol. The molecule has 0 radical (unpaired) electrons. The lowest BCUT2D eigenvalue weighted by atomic mass is 10.1. The Morgan fingerprint density at radius 3 is 2.77 bits per heavy atom. The van der Waals surface area contributed by atoms with Gasteiger partial charge in [-0.25, -0.2) is 0 Å². The summed E-state index contributed by atoms with van der Waals surface area (Å²) in [5.74, 6) is 1.20. The lowest BCUT2D eigenvalue weighted by molar-refractivity contribution is -0.117. The van der Waals surface area contributed by atoms with Crippen LogP contribution in [0.4, 0.5) is 5.69 Å². The number of ketones is 1. The van der Waals surface area contributed by atoms with Crippen molar-refractivity contribution in [2.75, 3.05) is 17.7 Å². The molecule has 0 bridgehead atoms. The summed E-state index contributed by atoms with van der Waals surface area (Å²) < 4.78 is 1.86. The number of rotatable bonds is 4. The summed E-state index contributed by atoms with van der Waals surface area (Å²) in [6.45, 7) is 1.87. The fraction of sp³-hybridized carbons (Fsp3) is 0.333. The van der Waals surface area contributed by atoms with Gasteiger partial charge in [0, 0.05) is 25.3 Å². The summed E-state index contributed by atoms with van der Waals surface area (Å²) >= 11 is 1.37. The number of aryl methyl sites for hydroxylation is 1. The molecule has 1 aromatic carbocycles. The third-order valence-corrected chi connectivity index (χ3v) is 4.88. The van der Waals surface area contributed by atoms with E-state index in [0.29, 0.717) is 17.7 Å². The van der Waals surface area contributed by atoms with Crippen molar-refractivity contribution in [3.8, 4) is 0 Å². The Bertz CT molecular complexity index is 769. The molecule has 1 aromatic heterocycles. The third kappa shape index (κ3) is 2.52. The van der Waals surface area contributed by atoms with Gasteiger partial charge in [0.1, 0.15) is 5.82 Å². The van der Waals surface area contributed by atoms with Gasteiger partial charge in [-0.2, -0.15) is 0 Å². The van der Waals surface area contributed by atoms with Crippen LogP contribution < -0.4 is 4.90 Å².